The molecular weight excluding hydrogens is 639 g/mol. The van der Waals surface area contributed by atoms with Gasteiger partial charge in [0.1, 0.15) is 42.5 Å². The van der Waals surface area contributed by atoms with Crippen molar-refractivity contribution >= 4 is 55.0 Å². The number of imidazole rings is 2. The molecule has 0 radical (unpaired) electrons. The largest absolute Gasteiger partial charge is 0.472 e. The summed E-state index contributed by atoms with van der Waals surface area (Å²) in [5.41, 5.74) is 5.86. The van der Waals surface area contributed by atoms with Crippen LogP contribution in [0.2, 0.25) is 0 Å². The molecule has 43 heavy (non-hydrogen) atoms. The van der Waals surface area contributed by atoms with E-state index in [-0.39, 0.29) is 23.4 Å². The van der Waals surface area contributed by atoms with Gasteiger partial charge in [0.15, 0.2) is 35.0 Å². The number of halogens is 1. The van der Waals surface area contributed by atoms with E-state index in [1.54, 1.807) is 0 Å². The second-order valence-corrected chi connectivity index (χ2v) is 14.0. The van der Waals surface area contributed by atoms with Crippen LogP contribution in [0.1, 0.15) is 18.9 Å². The van der Waals surface area contributed by atoms with E-state index in [9.17, 15) is 18.8 Å². The number of phosphoric ester groups is 1. The SMILES string of the molecule is Nc1ncnc2c1ncn2[C@H]1C[C@@H]2OP(=O)(S)OC[C@H]3O[C@@H](n4cnc5c(=O)[nH]cnc54)[C@H](F)[C@@H]3OP(=O)(O)OC[C@H]2O1. The van der Waals surface area contributed by atoms with Gasteiger partial charge in [0.05, 0.1) is 32.2 Å². The van der Waals surface area contributed by atoms with Gasteiger partial charge in [0, 0.05) is 6.42 Å². The van der Waals surface area contributed by atoms with Crippen molar-refractivity contribution < 1.29 is 46.0 Å². The highest BCUT2D eigenvalue weighted by molar-refractivity contribution is 8.44. The van der Waals surface area contributed by atoms with E-state index in [1.165, 1.54) is 17.2 Å². The molecule has 4 aromatic rings. The van der Waals surface area contributed by atoms with Crippen molar-refractivity contribution in [1.29, 1.82) is 0 Å². The third-order valence-corrected chi connectivity index (χ3v) is 9.74. The molecule has 4 aromatic heterocycles. The summed E-state index contributed by atoms with van der Waals surface area (Å²) in [4.78, 5) is 45.2. The molecule has 0 amide bonds. The van der Waals surface area contributed by atoms with Gasteiger partial charge >= 0.3 is 14.6 Å². The summed E-state index contributed by atoms with van der Waals surface area (Å²) in [7, 11) is -4.96. The van der Waals surface area contributed by atoms with Crippen molar-refractivity contribution in [3.8, 4) is 0 Å². The van der Waals surface area contributed by atoms with Crippen LogP contribution in [0.15, 0.2) is 30.1 Å². The predicted octanol–water partition coefficient (Wildman–Crippen LogP) is 1.02. The van der Waals surface area contributed by atoms with E-state index < -0.39 is 76.4 Å². The summed E-state index contributed by atoms with van der Waals surface area (Å²) in [5.74, 6) is 0.145. The second kappa shape index (κ2) is 10.7. The molecular formula is C20H22FN9O10P2S. The number of rotatable bonds is 2. The van der Waals surface area contributed by atoms with E-state index in [4.69, 9.17) is 33.3 Å². The average molecular weight is 661 g/mol. The lowest BCUT2D eigenvalue weighted by Crippen LogP contribution is -2.35. The van der Waals surface area contributed by atoms with Gasteiger partial charge in [-0.15, -0.1) is 0 Å². The fourth-order valence-corrected chi connectivity index (χ4v) is 7.64. The van der Waals surface area contributed by atoms with Crippen LogP contribution < -0.4 is 11.3 Å². The summed E-state index contributed by atoms with van der Waals surface area (Å²) < 4.78 is 78.1. The van der Waals surface area contributed by atoms with E-state index in [0.717, 1.165) is 17.2 Å². The molecule has 3 saturated heterocycles. The number of phosphoric acid groups is 1. The molecule has 0 aromatic carbocycles. The fraction of sp³-hybridized carbons (Fsp3) is 0.500. The molecule has 0 saturated carbocycles. The Morgan fingerprint density at radius 1 is 0.977 bits per heavy atom. The topological polar surface area (TPSA) is 243 Å². The Morgan fingerprint density at radius 2 is 1.72 bits per heavy atom. The third-order valence-electron chi connectivity index (χ3n) is 7.11. The lowest BCUT2D eigenvalue weighted by molar-refractivity contribution is -0.0601. The summed E-state index contributed by atoms with van der Waals surface area (Å²) in [6.45, 7) is -5.40. The Kier molecular flexibility index (Phi) is 7.16. The summed E-state index contributed by atoms with van der Waals surface area (Å²) >= 11 is 4.07. The molecule has 0 bridgehead atoms. The number of nitrogens with two attached hydrogens (primary N) is 1. The zero-order valence-electron chi connectivity index (χ0n) is 21.5. The fourth-order valence-electron chi connectivity index (χ4n) is 5.16. The van der Waals surface area contributed by atoms with Crippen LogP contribution in [-0.2, 0) is 36.7 Å². The highest BCUT2D eigenvalue weighted by Gasteiger charge is 2.52. The van der Waals surface area contributed by atoms with Crippen LogP contribution in [0, 0.1) is 0 Å². The third kappa shape index (κ3) is 5.28. The Balaban J connectivity index is 1.15. The summed E-state index contributed by atoms with van der Waals surface area (Å²) in [6.07, 6.45) is -4.79. The Labute approximate surface area is 244 Å². The average Bonchev–Trinajstić information content (AvgIpc) is 3.72. The number of nitrogens with one attached hydrogen (secondary N) is 1. The molecule has 19 nitrogen and oxygen atoms in total. The van der Waals surface area contributed by atoms with Gasteiger partial charge in [-0.1, -0.05) is 12.2 Å². The number of aromatic amines is 1. The Bertz CT molecular complexity index is 1860. The van der Waals surface area contributed by atoms with Gasteiger partial charge in [-0.05, 0) is 0 Å². The summed E-state index contributed by atoms with van der Waals surface area (Å²) in [5, 5.41) is 0. The van der Waals surface area contributed by atoms with Crippen LogP contribution in [-0.4, -0.2) is 87.7 Å². The zero-order valence-corrected chi connectivity index (χ0v) is 24.2. The molecule has 9 atom stereocenters. The molecule has 7 rings (SSSR count). The lowest BCUT2D eigenvalue weighted by Gasteiger charge is -2.27. The first-order chi connectivity index (χ1) is 20.5. The number of aromatic nitrogens is 8. The molecule has 3 aliphatic heterocycles. The molecule has 230 valence electrons. The zero-order chi connectivity index (χ0) is 30.1. The number of H-pyrrole nitrogens is 1. The highest BCUT2D eigenvalue weighted by Crippen LogP contribution is 2.58. The molecule has 7 heterocycles. The Morgan fingerprint density at radius 3 is 2.56 bits per heavy atom. The maximum Gasteiger partial charge on any atom is 0.472 e. The van der Waals surface area contributed by atoms with Crippen LogP contribution >= 0.6 is 26.9 Å². The van der Waals surface area contributed by atoms with Crippen molar-refractivity contribution in [2.45, 2.75) is 49.5 Å². The number of hydrogen-bond donors (Lipinski definition) is 4. The molecule has 3 aliphatic rings. The van der Waals surface area contributed by atoms with E-state index in [2.05, 4.69) is 42.2 Å². The number of alkyl halides is 1. The number of anilines is 1. The van der Waals surface area contributed by atoms with Gasteiger partial charge < -0.3 is 25.1 Å². The first-order valence-corrected chi connectivity index (χ1v) is 16.8. The first kappa shape index (κ1) is 28.9. The quantitative estimate of drug-likeness (QED) is 0.173. The number of nitrogens with zero attached hydrogens (tertiary/aromatic N) is 7. The predicted molar refractivity (Wildman–Crippen MR) is 143 cm³/mol. The van der Waals surface area contributed by atoms with E-state index in [1.807, 2.05) is 0 Å². The van der Waals surface area contributed by atoms with E-state index >= 15 is 4.39 Å². The second-order valence-electron chi connectivity index (χ2n) is 9.76. The first-order valence-electron chi connectivity index (χ1n) is 12.6. The van der Waals surface area contributed by atoms with E-state index in [0.29, 0.717) is 11.2 Å². The monoisotopic (exact) mass is 661 g/mol. The van der Waals surface area contributed by atoms with Crippen molar-refractivity contribution in [3.05, 3.63) is 35.7 Å². The van der Waals surface area contributed by atoms with Crippen LogP contribution in [0.25, 0.3) is 22.3 Å². The Hall–Kier alpha value is -2.84. The lowest BCUT2D eigenvalue weighted by atomic mass is 10.1. The normalized spacial score (nSPS) is 37.1. The highest BCUT2D eigenvalue weighted by atomic mass is 32.7. The van der Waals surface area contributed by atoms with Crippen molar-refractivity contribution in [2.24, 2.45) is 0 Å². The van der Waals surface area contributed by atoms with Gasteiger partial charge in [-0.2, -0.15) is 0 Å². The molecule has 23 heteroatoms. The number of fused-ring (bicyclic) bond motifs is 4. The van der Waals surface area contributed by atoms with Crippen LogP contribution in [0.3, 0.4) is 0 Å². The molecule has 4 N–H and O–H groups in total. The van der Waals surface area contributed by atoms with Crippen molar-refractivity contribution in [3.63, 3.8) is 0 Å². The molecule has 3 fully saturated rings. The molecule has 2 unspecified atom stereocenters. The number of nitrogen functional groups attached to an aromatic ring is 1. The maximum absolute atomic E-state index is 15.8. The van der Waals surface area contributed by atoms with Crippen LogP contribution in [0.5, 0.6) is 0 Å². The van der Waals surface area contributed by atoms with Crippen LogP contribution in [0.4, 0.5) is 10.2 Å². The minimum Gasteiger partial charge on any atom is -0.382 e. The number of ether oxygens (including phenoxy) is 2. The van der Waals surface area contributed by atoms with Gasteiger partial charge in [-0.3, -0.25) is 32.0 Å². The number of thiol groups is 1. The smallest absolute Gasteiger partial charge is 0.382 e. The number of hydrogen-bond acceptors (Lipinski definition) is 15. The van der Waals surface area contributed by atoms with Crippen molar-refractivity contribution in [2.75, 3.05) is 18.9 Å². The van der Waals surface area contributed by atoms with Gasteiger partial charge in [0.25, 0.3) is 5.56 Å². The standard InChI is InChI=1S/C20H22FN9O10P2S/c21-12-15-10(38-20(12)30-7-28-14-18(30)25-5-26-19(14)31)3-36-42(34,43)39-8-1-11(37-9(8)2-35-41(32,33)40-15)29-6-27-13-16(22)23-4-24-17(13)29/h4-12,15,20H,1-3H2,(H,32,33)(H,34,43)(H2,22,23,24)(H,25,26,31)/t8-,9+,10+,11+,12+,15+,20+,42?/m0/s1. The minimum absolute atomic E-state index is 0.0133. The van der Waals surface area contributed by atoms with Gasteiger partial charge in [0.2, 0.25) is 0 Å². The maximum atomic E-state index is 15.8. The molecule has 0 aliphatic carbocycles. The molecule has 0 spiro atoms. The summed E-state index contributed by atoms with van der Waals surface area (Å²) in [6, 6.07) is 0. The van der Waals surface area contributed by atoms with Gasteiger partial charge in [-0.25, -0.2) is 38.4 Å². The minimum atomic E-state index is -4.96. The van der Waals surface area contributed by atoms with Crippen molar-refractivity contribution in [1.82, 2.24) is 39.0 Å².